The Morgan fingerprint density at radius 2 is 1.72 bits per heavy atom. The number of hydrogen-bond acceptors (Lipinski definition) is 4. The Kier molecular flexibility index (Phi) is 8.27. The predicted octanol–water partition coefficient (Wildman–Crippen LogP) is 4.54. The number of carbonyl (C=O) groups is 2. The Morgan fingerprint density at radius 3 is 2.31 bits per heavy atom. The molecule has 0 aliphatic carbocycles. The van der Waals surface area contributed by atoms with Crippen LogP contribution in [0.1, 0.15) is 24.5 Å². The summed E-state index contributed by atoms with van der Waals surface area (Å²) in [5, 5.41) is 9.46. The molecule has 7 nitrogen and oxygen atoms in total. The highest BCUT2D eigenvalue weighted by molar-refractivity contribution is 5.69. The molecule has 170 valence electrons. The first-order valence-corrected chi connectivity index (χ1v) is 10.7. The number of benzene rings is 2. The lowest BCUT2D eigenvalue weighted by Gasteiger charge is -2.42. The van der Waals surface area contributed by atoms with E-state index in [0.717, 1.165) is 16.7 Å². The number of nitrogens with zero attached hydrogens (tertiary/aromatic N) is 2. The van der Waals surface area contributed by atoms with Gasteiger partial charge >= 0.3 is 12.2 Å². The molecule has 1 aliphatic heterocycles. The Hall–Kier alpha value is -3.32. The summed E-state index contributed by atoms with van der Waals surface area (Å²) in [6.07, 6.45) is -1.46. The maximum absolute atomic E-state index is 13.2. The number of amides is 2. The van der Waals surface area contributed by atoms with Gasteiger partial charge in [0.15, 0.2) is 0 Å². The van der Waals surface area contributed by atoms with Crippen molar-refractivity contribution in [1.82, 2.24) is 9.80 Å². The summed E-state index contributed by atoms with van der Waals surface area (Å²) in [5.41, 5.74) is 2.69. The van der Waals surface area contributed by atoms with Crippen molar-refractivity contribution in [2.45, 2.75) is 38.6 Å². The molecule has 1 N–H and O–H groups in total. The molecule has 2 atom stereocenters. The average molecular weight is 439 g/mol. The zero-order valence-electron chi connectivity index (χ0n) is 18.4. The summed E-state index contributed by atoms with van der Waals surface area (Å²) < 4.78 is 11.7. The van der Waals surface area contributed by atoms with Crippen LogP contribution in [0.4, 0.5) is 9.59 Å². The molecule has 0 aromatic heterocycles. The SMILES string of the molecule is C=C(C)COC1CN(C(=O)O)CCC1N(Cc1ccccc1)C(=O)OCc1ccccc1. The fourth-order valence-corrected chi connectivity index (χ4v) is 3.75. The van der Waals surface area contributed by atoms with E-state index in [1.807, 2.05) is 67.6 Å². The Morgan fingerprint density at radius 1 is 1.09 bits per heavy atom. The molecule has 7 heteroatoms. The Labute approximate surface area is 188 Å². The normalized spacial score (nSPS) is 18.1. The number of likely N-dealkylation sites (tertiary alicyclic amines) is 1. The highest BCUT2D eigenvalue weighted by atomic mass is 16.6. The summed E-state index contributed by atoms with van der Waals surface area (Å²) in [4.78, 5) is 27.8. The van der Waals surface area contributed by atoms with Crippen molar-refractivity contribution in [3.05, 3.63) is 83.9 Å². The molecular weight excluding hydrogens is 408 g/mol. The first-order valence-electron chi connectivity index (χ1n) is 10.7. The van der Waals surface area contributed by atoms with E-state index in [-0.39, 0.29) is 19.2 Å². The van der Waals surface area contributed by atoms with E-state index in [4.69, 9.17) is 9.47 Å². The zero-order valence-corrected chi connectivity index (χ0v) is 18.4. The number of carbonyl (C=O) groups excluding carboxylic acids is 1. The van der Waals surface area contributed by atoms with Crippen molar-refractivity contribution < 1.29 is 24.2 Å². The van der Waals surface area contributed by atoms with Gasteiger partial charge in [0.2, 0.25) is 0 Å². The van der Waals surface area contributed by atoms with E-state index in [9.17, 15) is 14.7 Å². The van der Waals surface area contributed by atoms with Gasteiger partial charge in [0.05, 0.1) is 25.3 Å². The number of carboxylic acid groups (broad SMARTS) is 1. The van der Waals surface area contributed by atoms with Crippen LogP contribution in [0.2, 0.25) is 0 Å². The van der Waals surface area contributed by atoms with Crippen LogP contribution < -0.4 is 0 Å². The highest BCUT2D eigenvalue weighted by Gasteiger charge is 2.38. The van der Waals surface area contributed by atoms with E-state index in [2.05, 4.69) is 6.58 Å². The summed E-state index contributed by atoms with van der Waals surface area (Å²) in [7, 11) is 0. The molecule has 1 saturated heterocycles. The Balaban J connectivity index is 1.81. The van der Waals surface area contributed by atoms with Crippen molar-refractivity contribution >= 4 is 12.2 Å². The number of rotatable bonds is 8. The zero-order chi connectivity index (χ0) is 22.9. The van der Waals surface area contributed by atoms with Crippen LogP contribution in [0.3, 0.4) is 0 Å². The van der Waals surface area contributed by atoms with Crippen LogP contribution in [-0.4, -0.2) is 58.9 Å². The molecule has 2 amide bonds. The lowest BCUT2D eigenvalue weighted by molar-refractivity contribution is -0.0473. The lowest BCUT2D eigenvalue weighted by Crippen LogP contribution is -2.57. The topological polar surface area (TPSA) is 79.3 Å². The smallest absolute Gasteiger partial charge is 0.410 e. The molecular formula is C25H30N2O5. The molecule has 0 saturated carbocycles. The molecule has 3 rings (SSSR count). The minimum Gasteiger partial charge on any atom is -0.465 e. The average Bonchev–Trinajstić information content (AvgIpc) is 2.81. The van der Waals surface area contributed by atoms with Crippen LogP contribution in [0, 0.1) is 0 Å². The molecule has 1 fully saturated rings. The van der Waals surface area contributed by atoms with Crippen molar-refractivity contribution in [1.29, 1.82) is 0 Å². The fourth-order valence-electron chi connectivity index (χ4n) is 3.75. The Bertz CT molecular complexity index is 903. The van der Waals surface area contributed by atoms with Crippen molar-refractivity contribution in [2.75, 3.05) is 19.7 Å². The second-order valence-electron chi connectivity index (χ2n) is 8.04. The van der Waals surface area contributed by atoms with E-state index >= 15 is 0 Å². The second kappa shape index (κ2) is 11.3. The molecule has 1 heterocycles. The van der Waals surface area contributed by atoms with Gasteiger partial charge in [-0.2, -0.15) is 0 Å². The van der Waals surface area contributed by atoms with Gasteiger partial charge in [-0.25, -0.2) is 9.59 Å². The third-order valence-electron chi connectivity index (χ3n) is 5.37. The van der Waals surface area contributed by atoms with E-state index in [1.54, 1.807) is 4.90 Å². The molecule has 2 aromatic carbocycles. The minimum absolute atomic E-state index is 0.163. The van der Waals surface area contributed by atoms with Crippen molar-refractivity contribution in [2.24, 2.45) is 0 Å². The largest absolute Gasteiger partial charge is 0.465 e. The number of ether oxygens (including phenoxy) is 2. The highest BCUT2D eigenvalue weighted by Crippen LogP contribution is 2.24. The summed E-state index contributed by atoms with van der Waals surface area (Å²) in [6.45, 7) is 7.04. The monoisotopic (exact) mass is 438 g/mol. The van der Waals surface area contributed by atoms with Crippen LogP contribution in [0.15, 0.2) is 72.8 Å². The first-order chi connectivity index (χ1) is 15.4. The molecule has 0 bridgehead atoms. The van der Waals surface area contributed by atoms with Crippen LogP contribution in [0.25, 0.3) is 0 Å². The van der Waals surface area contributed by atoms with Gasteiger partial charge in [0, 0.05) is 13.1 Å². The standard InChI is InChI=1S/C25H30N2O5/c1-19(2)17-31-23-16-26(24(28)29)14-13-22(23)27(15-20-9-5-3-6-10-20)25(30)32-18-21-11-7-4-8-12-21/h3-12,22-23H,1,13-18H2,2H3,(H,28,29). The molecule has 1 aliphatic rings. The van der Waals surface area contributed by atoms with Gasteiger partial charge in [0.1, 0.15) is 6.61 Å². The van der Waals surface area contributed by atoms with Gasteiger partial charge in [0.25, 0.3) is 0 Å². The van der Waals surface area contributed by atoms with Crippen molar-refractivity contribution in [3.63, 3.8) is 0 Å². The molecule has 2 aromatic rings. The fraction of sp³-hybridized carbons (Fsp3) is 0.360. The molecule has 0 radical (unpaired) electrons. The third kappa shape index (κ3) is 6.59. The maximum atomic E-state index is 13.2. The van der Waals surface area contributed by atoms with Gasteiger partial charge in [-0.1, -0.05) is 72.8 Å². The molecule has 2 unspecified atom stereocenters. The van der Waals surface area contributed by atoms with E-state index in [1.165, 1.54) is 4.90 Å². The van der Waals surface area contributed by atoms with Crippen LogP contribution in [-0.2, 0) is 22.6 Å². The van der Waals surface area contributed by atoms with Gasteiger partial charge < -0.3 is 19.5 Å². The number of hydrogen-bond donors (Lipinski definition) is 1. The maximum Gasteiger partial charge on any atom is 0.410 e. The van der Waals surface area contributed by atoms with Crippen molar-refractivity contribution in [3.8, 4) is 0 Å². The molecule has 32 heavy (non-hydrogen) atoms. The summed E-state index contributed by atoms with van der Waals surface area (Å²) in [5.74, 6) is 0. The van der Waals surface area contributed by atoms with Crippen LogP contribution >= 0.6 is 0 Å². The summed E-state index contributed by atoms with van der Waals surface area (Å²) in [6, 6.07) is 18.9. The molecule has 0 spiro atoms. The minimum atomic E-state index is -0.992. The van der Waals surface area contributed by atoms with Gasteiger partial charge in [-0.05, 0) is 24.5 Å². The lowest BCUT2D eigenvalue weighted by atomic mass is 9.99. The number of piperidine rings is 1. The summed E-state index contributed by atoms with van der Waals surface area (Å²) >= 11 is 0. The predicted molar refractivity (Wildman–Crippen MR) is 121 cm³/mol. The third-order valence-corrected chi connectivity index (χ3v) is 5.37. The van der Waals surface area contributed by atoms with Crippen LogP contribution in [0.5, 0.6) is 0 Å². The van der Waals surface area contributed by atoms with Gasteiger partial charge in [-0.15, -0.1) is 0 Å². The van der Waals surface area contributed by atoms with E-state index < -0.39 is 18.3 Å². The quantitative estimate of drug-likeness (QED) is 0.612. The first kappa shape index (κ1) is 23.3. The van der Waals surface area contributed by atoms with Gasteiger partial charge in [-0.3, -0.25) is 4.90 Å². The van der Waals surface area contributed by atoms with E-state index in [0.29, 0.717) is 26.1 Å². The second-order valence-corrected chi connectivity index (χ2v) is 8.04.